The van der Waals surface area contributed by atoms with Crippen molar-refractivity contribution in [1.82, 2.24) is 4.98 Å². The largest absolute Gasteiger partial charge is 0.465 e. The number of esters is 1. The van der Waals surface area contributed by atoms with Gasteiger partial charge in [0.1, 0.15) is 5.69 Å². The smallest absolute Gasteiger partial charge is 0.339 e. The third kappa shape index (κ3) is 2.83. The number of amides is 1. The highest BCUT2D eigenvalue weighted by Gasteiger charge is 2.22. The molecule has 1 aromatic carbocycles. The molecule has 22 heavy (non-hydrogen) atoms. The number of rotatable bonds is 3. The maximum atomic E-state index is 12.3. The van der Waals surface area contributed by atoms with Gasteiger partial charge in [-0.1, -0.05) is 6.07 Å². The van der Waals surface area contributed by atoms with Crippen LogP contribution in [0.25, 0.3) is 0 Å². The zero-order valence-electron chi connectivity index (χ0n) is 12.5. The molecule has 0 saturated heterocycles. The summed E-state index contributed by atoms with van der Waals surface area (Å²) in [6.07, 6.45) is 0. The first-order valence-corrected chi connectivity index (χ1v) is 6.57. The molecule has 2 N–H and O–H groups in total. The van der Waals surface area contributed by atoms with Gasteiger partial charge in [-0.3, -0.25) is 4.79 Å². The molecule has 6 heteroatoms. The Labute approximate surface area is 127 Å². The lowest BCUT2D eigenvalue weighted by atomic mass is 10.1. The maximum Gasteiger partial charge on any atom is 0.339 e. The third-order valence-electron chi connectivity index (χ3n) is 3.30. The van der Waals surface area contributed by atoms with Crippen molar-refractivity contribution in [2.24, 2.45) is 0 Å². The number of methoxy groups -OCH3 is 1. The number of H-pyrrole nitrogens is 1. The monoisotopic (exact) mass is 297 g/mol. The quantitative estimate of drug-likeness (QED) is 0.851. The fourth-order valence-electron chi connectivity index (χ4n) is 2.25. The topological polar surface area (TPSA) is 95.0 Å². The standard InChI is InChI=1S/C16H15N3O3/c1-9-13(16(21)22-3)10(2)18-14(9)15(20)19-12-6-4-5-11(7-12)8-17/h4-7,18H,1-3H3,(H,19,20). The molecule has 1 amide bonds. The van der Waals surface area contributed by atoms with E-state index >= 15 is 0 Å². The van der Waals surface area contributed by atoms with Crippen LogP contribution < -0.4 is 5.32 Å². The zero-order chi connectivity index (χ0) is 16.3. The molecule has 0 aliphatic heterocycles. The van der Waals surface area contributed by atoms with Gasteiger partial charge in [-0.25, -0.2) is 4.79 Å². The van der Waals surface area contributed by atoms with Gasteiger partial charge in [-0.05, 0) is 37.6 Å². The van der Waals surface area contributed by atoms with Gasteiger partial charge in [0.2, 0.25) is 0 Å². The number of aryl methyl sites for hydroxylation is 1. The van der Waals surface area contributed by atoms with Crippen LogP contribution in [0.3, 0.4) is 0 Å². The third-order valence-corrected chi connectivity index (χ3v) is 3.30. The summed E-state index contributed by atoms with van der Waals surface area (Å²) in [7, 11) is 1.29. The van der Waals surface area contributed by atoms with E-state index in [0.717, 1.165) is 0 Å². The first-order valence-electron chi connectivity index (χ1n) is 6.57. The van der Waals surface area contributed by atoms with Crippen molar-refractivity contribution < 1.29 is 14.3 Å². The molecule has 1 aromatic heterocycles. The van der Waals surface area contributed by atoms with E-state index in [9.17, 15) is 9.59 Å². The SMILES string of the molecule is COC(=O)c1c(C)[nH]c(C(=O)Nc2cccc(C#N)c2)c1C. The van der Waals surface area contributed by atoms with E-state index in [0.29, 0.717) is 33.8 Å². The minimum absolute atomic E-state index is 0.292. The lowest BCUT2D eigenvalue weighted by molar-refractivity contribution is 0.0599. The van der Waals surface area contributed by atoms with Crippen LogP contribution in [-0.4, -0.2) is 24.0 Å². The molecule has 0 bridgehead atoms. The van der Waals surface area contributed by atoms with E-state index in [1.54, 1.807) is 38.1 Å². The van der Waals surface area contributed by atoms with Gasteiger partial charge in [-0.2, -0.15) is 5.26 Å². The predicted octanol–water partition coefficient (Wildman–Crippen LogP) is 2.54. The van der Waals surface area contributed by atoms with Gasteiger partial charge < -0.3 is 15.0 Å². The molecule has 0 aliphatic rings. The van der Waals surface area contributed by atoms with Crippen LogP contribution in [-0.2, 0) is 4.74 Å². The molecule has 0 unspecified atom stereocenters. The summed E-state index contributed by atoms with van der Waals surface area (Å²) in [6, 6.07) is 8.60. The fourth-order valence-corrected chi connectivity index (χ4v) is 2.25. The minimum atomic E-state index is -0.489. The molecule has 112 valence electrons. The van der Waals surface area contributed by atoms with Crippen molar-refractivity contribution in [1.29, 1.82) is 5.26 Å². The van der Waals surface area contributed by atoms with Gasteiger partial charge in [-0.15, -0.1) is 0 Å². The molecule has 0 spiro atoms. The Balaban J connectivity index is 2.31. The highest BCUT2D eigenvalue weighted by atomic mass is 16.5. The fraction of sp³-hybridized carbons (Fsp3) is 0.188. The predicted molar refractivity (Wildman–Crippen MR) is 80.7 cm³/mol. The number of aromatic amines is 1. The number of hydrogen-bond donors (Lipinski definition) is 2. The van der Waals surface area contributed by atoms with Crippen molar-refractivity contribution in [2.75, 3.05) is 12.4 Å². The van der Waals surface area contributed by atoms with Crippen LogP contribution in [0, 0.1) is 25.2 Å². The molecule has 0 radical (unpaired) electrons. The van der Waals surface area contributed by atoms with Crippen LogP contribution in [0.1, 0.15) is 37.7 Å². The van der Waals surface area contributed by atoms with Crippen molar-refractivity contribution in [3.05, 3.63) is 52.3 Å². The van der Waals surface area contributed by atoms with Gasteiger partial charge in [0, 0.05) is 11.4 Å². The van der Waals surface area contributed by atoms with E-state index in [4.69, 9.17) is 10.00 Å². The van der Waals surface area contributed by atoms with E-state index in [1.807, 2.05) is 6.07 Å². The summed E-state index contributed by atoms with van der Waals surface area (Å²) in [5.74, 6) is -0.873. The number of benzene rings is 1. The molecular formula is C16H15N3O3. The number of ether oxygens (including phenoxy) is 1. The lowest BCUT2D eigenvalue weighted by Crippen LogP contribution is -2.14. The van der Waals surface area contributed by atoms with Gasteiger partial charge >= 0.3 is 5.97 Å². The molecule has 0 aliphatic carbocycles. The zero-order valence-corrected chi connectivity index (χ0v) is 12.5. The number of carbonyl (C=O) groups is 2. The lowest BCUT2D eigenvalue weighted by Gasteiger charge is -2.05. The van der Waals surface area contributed by atoms with Crippen LogP contribution >= 0.6 is 0 Å². The van der Waals surface area contributed by atoms with Gasteiger partial charge in [0.25, 0.3) is 5.91 Å². The second-order valence-electron chi connectivity index (χ2n) is 4.76. The molecule has 2 rings (SSSR count). The number of anilines is 1. The summed E-state index contributed by atoms with van der Waals surface area (Å²) in [5.41, 5.74) is 2.71. The van der Waals surface area contributed by atoms with E-state index in [-0.39, 0.29) is 5.91 Å². The Bertz CT molecular complexity index is 784. The van der Waals surface area contributed by atoms with Gasteiger partial charge in [0.15, 0.2) is 0 Å². The number of aromatic nitrogens is 1. The average molecular weight is 297 g/mol. The van der Waals surface area contributed by atoms with Crippen LogP contribution in [0.15, 0.2) is 24.3 Å². The average Bonchev–Trinajstić information content (AvgIpc) is 2.81. The van der Waals surface area contributed by atoms with Gasteiger partial charge in [0.05, 0.1) is 24.3 Å². The summed E-state index contributed by atoms with van der Waals surface area (Å²) in [4.78, 5) is 27.0. The second-order valence-corrected chi connectivity index (χ2v) is 4.76. The summed E-state index contributed by atoms with van der Waals surface area (Å²) >= 11 is 0. The number of hydrogen-bond acceptors (Lipinski definition) is 4. The first kappa shape index (κ1) is 15.3. The van der Waals surface area contributed by atoms with Crippen LogP contribution in [0.5, 0.6) is 0 Å². The normalized spacial score (nSPS) is 9.91. The van der Waals surface area contributed by atoms with E-state index < -0.39 is 5.97 Å². The van der Waals surface area contributed by atoms with E-state index in [1.165, 1.54) is 7.11 Å². The molecule has 6 nitrogen and oxygen atoms in total. The highest BCUT2D eigenvalue weighted by Crippen LogP contribution is 2.20. The summed E-state index contributed by atoms with van der Waals surface area (Å²) in [6.45, 7) is 3.38. The maximum absolute atomic E-state index is 12.3. The first-order chi connectivity index (χ1) is 10.5. The van der Waals surface area contributed by atoms with E-state index in [2.05, 4.69) is 10.3 Å². The van der Waals surface area contributed by atoms with Crippen molar-refractivity contribution in [3.63, 3.8) is 0 Å². The highest BCUT2D eigenvalue weighted by molar-refractivity contribution is 6.06. The Hall–Kier alpha value is -3.07. The van der Waals surface area contributed by atoms with Crippen molar-refractivity contribution in [3.8, 4) is 6.07 Å². The number of nitrogens with zero attached hydrogens (tertiary/aromatic N) is 1. The summed E-state index contributed by atoms with van der Waals surface area (Å²) < 4.78 is 4.71. The molecule has 1 heterocycles. The Morgan fingerprint density at radius 1 is 1.32 bits per heavy atom. The van der Waals surface area contributed by atoms with Crippen molar-refractivity contribution >= 4 is 17.6 Å². The minimum Gasteiger partial charge on any atom is -0.465 e. The number of carbonyl (C=O) groups excluding carboxylic acids is 2. The number of nitriles is 1. The molecule has 2 aromatic rings. The van der Waals surface area contributed by atoms with Crippen LogP contribution in [0.4, 0.5) is 5.69 Å². The Kier molecular flexibility index (Phi) is 4.28. The Morgan fingerprint density at radius 2 is 2.05 bits per heavy atom. The molecule has 0 saturated carbocycles. The molecular weight excluding hydrogens is 282 g/mol. The van der Waals surface area contributed by atoms with Crippen LogP contribution in [0.2, 0.25) is 0 Å². The summed E-state index contributed by atoms with van der Waals surface area (Å²) in [5, 5.41) is 11.6. The Morgan fingerprint density at radius 3 is 2.68 bits per heavy atom. The van der Waals surface area contributed by atoms with Crippen molar-refractivity contribution in [2.45, 2.75) is 13.8 Å². The molecule has 0 atom stereocenters. The number of nitrogens with one attached hydrogen (secondary N) is 2. The second kappa shape index (κ2) is 6.14. The molecule has 0 fully saturated rings.